The maximum atomic E-state index is 12.7. The van der Waals surface area contributed by atoms with Gasteiger partial charge in [-0.15, -0.1) is 24.0 Å². The van der Waals surface area contributed by atoms with Crippen LogP contribution in [0, 0.1) is 0 Å². The first-order valence-electron chi connectivity index (χ1n) is 9.26. The van der Waals surface area contributed by atoms with Crippen LogP contribution in [-0.2, 0) is 19.3 Å². The van der Waals surface area contributed by atoms with Gasteiger partial charge in [0.25, 0.3) is 0 Å². The molecule has 1 aliphatic heterocycles. The van der Waals surface area contributed by atoms with Gasteiger partial charge in [0.05, 0.1) is 17.8 Å². The van der Waals surface area contributed by atoms with E-state index in [1.54, 1.807) is 6.26 Å². The Balaban J connectivity index is 0.00000300. The molecule has 0 amide bonds. The number of benzene rings is 1. The van der Waals surface area contributed by atoms with Gasteiger partial charge in [0.2, 0.25) is 0 Å². The SMILES string of the molecule is CCNC(=NCc1ccc(C(F)(F)F)cc1)N1CCN(Cc2ccon2)CC1.I. The number of hydrogen-bond donors (Lipinski definition) is 1. The molecule has 0 atom stereocenters. The Bertz CT molecular complexity index is 757. The van der Waals surface area contributed by atoms with Gasteiger partial charge in [-0.05, 0) is 24.6 Å². The lowest BCUT2D eigenvalue weighted by Crippen LogP contribution is -2.52. The number of aliphatic imine (C=N–C) groups is 1. The maximum Gasteiger partial charge on any atom is 0.416 e. The Labute approximate surface area is 185 Å². The highest BCUT2D eigenvalue weighted by atomic mass is 127. The number of rotatable bonds is 5. The lowest BCUT2D eigenvalue weighted by atomic mass is 10.1. The summed E-state index contributed by atoms with van der Waals surface area (Å²) in [7, 11) is 0. The monoisotopic (exact) mass is 523 g/mol. The summed E-state index contributed by atoms with van der Waals surface area (Å²) >= 11 is 0. The minimum atomic E-state index is -4.32. The Morgan fingerprint density at radius 3 is 2.38 bits per heavy atom. The maximum absolute atomic E-state index is 12.7. The van der Waals surface area contributed by atoms with E-state index in [0.717, 1.165) is 68.6 Å². The van der Waals surface area contributed by atoms with Crippen molar-refractivity contribution >= 4 is 29.9 Å². The molecule has 3 rings (SSSR count). The molecule has 0 aliphatic carbocycles. The van der Waals surface area contributed by atoms with Crippen molar-refractivity contribution in [2.45, 2.75) is 26.2 Å². The van der Waals surface area contributed by atoms with E-state index in [0.29, 0.717) is 6.54 Å². The Hall–Kier alpha value is -1.82. The highest BCUT2D eigenvalue weighted by Crippen LogP contribution is 2.29. The average molecular weight is 523 g/mol. The zero-order chi connectivity index (χ0) is 20.0. The van der Waals surface area contributed by atoms with Crippen molar-refractivity contribution < 1.29 is 17.7 Å². The van der Waals surface area contributed by atoms with Crippen molar-refractivity contribution in [2.24, 2.45) is 4.99 Å². The van der Waals surface area contributed by atoms with E-state index < -0.39 is 11.7 Å². The molecule has 0 bridgehead atoms. The summed E-state index contributed by atoms with van der Waals surface area (Å²) in [5, 5.41) is 7.21. The first kappa shape index (κ1) is 23.5. The molecular formula is C19H25F3IN5O. The highest BCUT2D eigenvalue weighted by molar-refractivity contribution is 14.0. The number of nitrogens with one attached hydrogen (secondary N) is 1. The molecule has 2 aromatic rings. The Morgan fingerprint density at radius 1 is 1.14 bits per heavy atom. The van der Waals surface area contributed by atoms with Crippen LogP contribution in [0.15, 0.2) is 46.1 Å². The summed E-state index contributed by atoms with van der Waals surface area (Å²) in [4.78, 5) is 9.08. The quantitative estimate of drug-likeness (QED) is 0.369. The zero-order valence-corrected chi connectivity index (χ0v) is 18.5. The molecule has 29 heavy (non-hydrogen) atoms. The summed E-state index contributed by atoms with van der Waals surface area (Å²) in [6.07, 6.45) is -2.74. The lowest BCUT2D eigenvalue weighted by Gasteiger charge is -2.36. The third kappa shape index (κ3) is 6.88. The normalized spacial score (nSPS) is 15.9. The van der Waals surface area contributed by atoms with Gasteiger partial charge >= 0.3 is 6.18 Å². The van der Waals surface area contributed by atoms with Gasteiger partial charge in [-0.2, -0.15) is 13.2 Å². The van der Waals surface area contributed by atoms with Crippen molar-refractivity contribution in [3.8, 4) is 0 Å². The van der Waals surface area contributed by atoms with E-state index in [-0.39, 0.29) is 24.0 Å². The third-order valence-corrected chi connectivity index (χ3v) is 4.58. The third-order valence-electron chi connectivity index (χ3n) is 4.58. The van der Waals surface area contributed by atoms with Gasteiger partial charge in [-0.3, -0.25) is 4.90 Å². The molecule has 160 valence electrons. The Morgan fingerprint density at radius 2 is 1.83 bits per heavy atom. The van der Waals surface area contributed by atoms with E-state index >= 15 is 0 Å². The number of guanidine groups is 1. The number of piperazine rings is 1. The van der Waals surface area contributed by atoms with Crippen LogP contribution in [0.3, 0.4) is 0 Å². The number of nitrogens with zero attached hydrogens (tertiary/aromatic N) is 4. The molecule has 1 aromatic heterocycles. The molecule has 6 nitrogen and oxygen atoms in total. The van der Waals surface area contributed by atoms with Crippen LogP contribution in [0.5, 0.6) is 0 Å². The summed E-state index contributed by atoms with van der Waals surface area (Å²) in [5.41, 5.74) is 1.01. The van der Waals surface area contributed by atoms with Crippen molar-refractivity contribution in [1.82, 2.24) is 20.3 Å². The van der Waals surface area contributed by atoms with Crippen LogP contribution in [0.25, 0.3) is 0 Å². The fourth-order valence-corrected chi connectivity index (χ4v) is 3.06. The van der Waals surface area contributed by atoms with Crippen molar-refractivity contribution in [3.63, 3.8) is 0 Å². The van der Waals surface area contributed by atoms with Crippen LogP contribution >= 0.6 is 24.0 Å². The molecule has 1 saturated heterocycles. The fraction of sp³-hybridized carbons (Fsp3) is 0.474. The summed E-state index contributed by atoms with van der Waals surface area (Å²) in [6.45, 7) is 7.19. The summed E-state index contributed by atoms with van der Waals surface area (Å²) < 4.78 is 42.9. The van der Waals surface area contributed by atoms with E-state index in [2.05, 4.69) is 25.3 Å². The van der Waals surface area contributed by atoms with E-state index in [1.807, 2.05) is 13.0 Å². The molecular weight excluding hydrogens is 498 g/mol. The predicted octanol–water partition coefficient (Wildman–Crippen LogP) is 3.59. The first-order chi connectivity index (χ1) is 13.5. The average Bonchev–Trinajstić information content (AvgIpc) is 3.18. The molecule has 1 aliphatic rings. The molecule has 1 aromatic carbocycles. The number of aromatic nitrogens is 1. The number of hydrogen-bond acceptors (Lipinski definition) is 4. The smallest absolute Gasteiger partial charge is 0.364 e. The largest absolute Gasteiger partial charge is 0.416 e. The van der Waals surface area contributed by atoms with Crippen LogP contribution < -0.4 is 5.32 Å². The van der Waals surface area contributed by atoms with E-state index in [4.69, 9.17) is 4.52 Å². The highest BCUT2D eigenvalue weighted by Gasteiger charge is 2.29. The molecule has 1 N–H and O–H groups in total. The topological polar surface area (TPSA) is 56.9 Å². The van der Waals surface area contributed by atoms with E-state index in [1.165, 1.54) is 12.1 Å². The van der Waals surface area contributed by atoms with Gasteiger partial charge in [0, 0.05) is 45.3 Å². The molecule has 0 radical (unpaired) electrons. The van der Waals surface area contributed by atoms with Crippen LogP contribution in [0.4, 0.5) is 13.2 Å². The second-order valence-corrected chi connectivity index (χ2v) is 6.62. The van der Waals surface area contributed by atoms with Crippen molar-refractivity contribution in [2.75, 3.05) is 32.7 Å². The predicted molar refractivity (Wildman–Crippen MR) is 115 cm³/mol. The van der Waals surface area contributed by atoms with Crippen LogP contribution in [0.2, 0.25) is 0 Å². The van der Waals surface area contributed by atoms with Gasteiger partial charge in [0.1, 0.15) is 6.26 Å². The van der Waals surface area contributed by atoms with Gasteiger partial charge in [-0.25, -0.2) is 4.99 Å². The lowest BCUT2D eigenvalue weighted by molar-refractivity contribution is -0.137. The van der Waals surface area contributed by atoms with Crippen LogP contribution in [-0.4, -0.2) is 53.6 Å². The molecule has 0 unspecified atom stereocenters. The first-order valence-corrected chi connectivity index (χ1v) is 9.26. The van der Waals surface area contributed by atoms with E-state index in [9.17, 15) is 13.2 Å². The molecule has 0 saturated carbocycles. The summed E-state index contributed by atoms with van der Waals surface area (Å²) in [5.74, 6) is 0.781. The number of halogens is 4. The number of alkyl halides is 3. The van der Waals surface area contributed by atoms with Gasteiger partial charge in [0.15, 0.2) is 5.96 Å². The molecule has 2 heterocycles. The minimum Gasteiger partial charge on any atom is -0.364 e. The van der Waals surface area contributed by atoms with Gasteiger partial charge in [-0.1, -0.05) is 17.3 Å². The standard InChI is InChI=1S/C19H24F3N5O.HI/c1-2-23-18(24-13-15-3-5-16(6-4-15)19(20,21)22)27-10-8-26(9-11-27)14-17-7-12-28-25-17;/h3-7,12H,2,8-11,13-14H2,1H3,(H,23,24);1H. The molecule has 1 fully saturated rings. The second-order valence-electron chi connectivity index (χ2n) is 6.62. The Kier molecular flexibility index (Phi) is 8.75. The second kappa shape index (κ2) is 10.8. The minimum absolute atomic E-state index is 0. The van der Waals surface area contributed by atoms with Crippen molar-refractivity contribution in [1.29, 1.82) is 0 Å². The zero-order valence-electron chi connectivity index (χ0n) is 16.2. The van der Waals surface area contributed by atoms with Crippen molar-refractivity contribution in [3.05, 3.63) is 53.4 Å². The van der Waals surface area contributed by atoms with Gasteiger partial charge < -0.3 is 14.7 Å². The molecule has 0 spiro atoms. The fourth-order valence-electron chi connectivity index (χ4n) is 3.06. The van der Waals surface area contributed by atoms with Crippen LogP contribution in [0.1, 0.15) is 23.7 Å². The molecule has 10 heteroatoms. The summed E-state index contributed by atoms with van der Waals surface area (Å²) in [6, 6.07) is 7.01.